The van der Waals surface area contributed by atoms with E-state index in [1.165, 1.54) is 0 Å². The molecule has 0 spiro atoms. The first kappa shape index (κ1) is 18.4. The van der Waals surface area contributed by atoms with Crippen molar-refractivity contribution in [2.24, 2.45) is 0 Å². The van der Waals surface area contributed by atoms with Gasteiger partial charge in [0.25, 0.3) is 5.91 Å². The maximum absolute atomic E-state index is 12.6. The van der Waals surface area contributed by atoms with Gasteiger partial charge >= 0.3 is 0 Å². The number of aromatic nitrogens is 1. The number of para-hydroxylation sites is 1. The lowest BCUT2D eigenvalue weighted by Gasteiger charge is -2.23. The molecule has 4 rings (SSSR count). The number of hydrogen-bond acceptors (Lipinski definition) is 5. The molecule has 2 aliphatic heterocycles. The predicted molar refractivity (Wildman–Crippen MR) is 104 cm³/mol. The number of hydrogen-bond donors (Lipinski definition) is 1. The summed E-state index contributed by atoms with van der Waals surface area (Å²) in [4.78, 5) is 33.2. The van der Waals surface area contributed by atoms with Gasteiger partial charge in [0.05, 0.1) is 18.1 Å². The van der Waals surface area contributed by atoms with Crippen molar-refractivity contribution in [1.29, 1.82) is 5.26 Å². The molecule has 0 aliphatic carbocycles. The molecule has 144 valence electrons. The summed E-state index contributed by atoms with van der Waals surface area (Å²) >= 11 is 0. The summed E-state index contributed by atoms with van der Waals surface area (Å²) in [6.45, 7) is 2.36. The Labute approximate surface area is 163 Å². The maximum Gasteiger partial charge on any atom is 0.270 e. The van der Waals surface area contributed by atoms with Crippen LogP contribution in [0.1, 0.15) is 29.8 Å². The highest BCUT2D eigenvalue weighted by molar-refractivity contribution is 5.95. The van der Waals surface area contributed by atoms with Gasteiger partial charge in [0.1, 0.15) is 11.7 Å². The van der Waals surface area contributed by atoms with E-state index < -0.39 is 0 Å². The molecule has 1 N–H and O–H groups in total. The van der Waals surface area contributed by atoms with Crippen LogP contribution < -0.4 is 5.32 Å². The number of fused-ring (bicyclic) bond motifs is 1. The van der Waals surface area contributed by atoms with E-state index in [2.05, 4.69) is 16.4 Å². The minimum Gasteiger partial charge on any atom is -0.347 e. The first-order chi connectivity index (χ1) is 13.6. The highest BCUT2D eigenvalue weighted by Crippen LogP contribution is 2.18. The fraction of sp³-hybridized carbons (Fsp3) is 0.429. The Hall–Kier alpha value is -2.98. The Morgan fingerprint density at radius 2 is 2.04 bits per heavy atom. The number of likely N-dealkylation sites (tertiary alicyclic amines) is 2. The SMILES string of the molecule is N#CC1CCCN1C(=O)CN1CC[C@H](NC(=O)c2ccc3ccccc3n2)C1. The van der Waals surface area contributed by atoms with Crippen molar-refractivity contribution in [3.05, 3.63) is 42.1 Å². The number of carbonyl (C=O) groups is 2. The van der Waals surface area contributed by atoms with Gasteiger partial charge in [-0.25, -0.2) is 4.98 Å². The fourth-order valence-corrected chi connectivity index (χ4v) is 4.03. The van der Waals surface area contributed by atoms with Crippen molar-refractivity contribution in [3.63, 3.8) is 0 Å². The second-order valence-corrected chi connectivity index (χ2v) is 7.46. The van der Waals surface area contributed by atoms with Crippen LogP contribution in [0.5, 0.6) is 0 Å². The molecule has 28 heavy (non-hydrogen) atoms. The molecule has 2 aromatic rings. The summed E-state index contributed by atoms with van der Waals surface area (Å²) in [7, 11) is 0. The zero-order chi connectivity index (χ0) is 19.5. The highest BCUT2D eigenvalue weighted by Gasteiger charge is 2.32. The smallest absolute Gasteiger partial charge is 0.270 e. The maximum atomic E-state index is 12.6. The lowest BCUT2D eigenvalue weighted by atomic mass is 10.2. The molecule has 2 saturated heterocycles. The highest BCUT2D eigenvalue weighted by atomic mass is 16.2. The van der Waals surface area contributed by atoms with Gasteiger partial charge in [0.15, 0.2) is 0 Å². The average molecular weight is 377 g/mol. The quantitative estimate of drug-likeness (QED) is 0.873. The van der Waals surface area contributed by atoms with Gasteiger partial charge in [0, 0.05) is 31.1 Å². The molecule has 1 unspecified atom stereocenters. The molecule has 0 radical (unpaired) electrons. The van der Waals surface area contributed by atoms with Gasteiger partial charge in [0.2, 0.25) is 5.91 Å². The predicted octanol–water partition coefficient (Wildman–Crippen LogP) is 1.55. The zero-order valence-electron chi connectivity index (χ0n) is 15.7. The molecule has 7 nitrogen and oxygen atoms in total. The Bertz CT molecular complexity index is 938. The average Bonchev–Trinajstić information content (AvgIpc) is 3.36. The van der Waals surface area contributed by atoms with E-state index in [4.69, 9.17) is 5.26 Å². The molecular weight excluding hydrogens is 354 g/mol. The molecular formula is C21H23N5O2. The lowest BCUT2D eigenvalue weighted by molar-refractivity contribution is -0.132. The molecule has 3 heterocycles. The molecule has 7 heteroatoms. The Morgan fingerprint density at radius 1 is 1.18 bits per heavy atom. The van der Waals surface area contributed by atoms with E-state index >= 15 is 0 Å². The Kier molecular flexibility index (Phi) is 5.22. The number of nitriles is 1. The Morgan fingerprint density at radius 3 is 2.89 bits per heavy atom. The van der Waals surface area contributed by atoms with E-state index in [1.54, 1.807) is 11.0 Å². The van der Waals surface area contributed by atoms with Crippen LogP contribution in [-0.4, -0.2) is 64.9 Å². The van der Waals surface area contributed by atoms with Gasteiger partial charge in [-0.2, -0.15) is 5.26 Å². The third-order valence-corrected chi connectivity index (χ3v) is 5.52. The summed E-state index contributed by atoms with van der Waals surface area (Å²) < 4.78 is 0. The monoisotopic (exact) mass is 377 g/mol. The molecule has 0 saturated carbocycles. The number of carbonyl (C=O) groups excluding carboxylic acids is 2. The largest absolute Gasteiger partial charge is 0.347 e. The molecule has 2 fully saturated rings. The standard InChI is InChI=1S/C21H23N5O2/c22-12-17-5-3-10-26(17)20(27)14-25-11-9-16(13-25)23-21(28)19-8-7-15-4-1-2-6-18(15)24-19/h1-2,4,6-8,16-17H,3,5,9-11,13-14H2,(H,23,28)/t16-,17?/m0/s1. The summed E-state index contributed by atoms with van der Waals surface area (Å²) in [6, 6.07) is 13.3. The van der Waals surface area contributed by atoms with Gasteiger partial charge in [-0.05, 0) is 31.4 Å². The number of rotatable bonds is 4. The van der Waals surface area contributed by atoms with Crippen LogP contribution in [0.3, 0.4) is 0 Å². The van der Waals surface area contributed by atoms with Crippen LogP contribution in [0.2, 0.25) is 0 Å². The van der Waals surface area contributed by atoms with Crippen LogP contribution in [-0.2, 0) is 4.79 Å². The number of benzene rings is 1. The van der Waals surface area contributed by atoms with Crippen molar-refractivity contribution in [3.8, 4) is 6.07 Å². The van der Waals surface area contributed by atoms with Gasteiger partial charge in [-0.3, -0.25) is 14.5 Å². The van der Waals surface area contributed by atoms with Gasteiger partial charge < -0.3 is 10.2 Å². The van der Waals surface area contributed by atoms with Gasteiger partial charge in [-0.1, -0.05) is 24.3 Å². The minimum atomic E-state index is -0.287. The molecule has 2 amide bonds. The number of pyridine rings is 1. The van der Waals surface area contributed by atoms with Crippen molar-refractivity contribution in [2.45, 2.75) is 31.3 Å². The fourth-order valence-electron chi connectivity index (χ4n) is 4.03. The van der Waals surface area contributed by atoms with E-state index in [-0.39, 0.29) is 23.9 Å². The van der Waals surface area contributed by atoms with Crippen LogP contribution in [0.4, 0.5) is 0 Å². The number of nitrogens with zero attached hydrogens (tertiary/aromatic N) is 4. The second-order valence-electron chi connectivity index (χ2n) is 7.46. The van der Waals surface area contributed by atoms with Crippen LogP contribution in [0.25, 0.3) is 10.9 Å². The second kappa shape index (κ2) is 7.95. The van der Waals surface area contributed by atoms with Gasteiger partial charge in [-0.15, -0.1) is 0 Å². The Balaban J connectivity index is 1.32. The van der Waals surface area contributed by atoms with Crippen molar-refractivity contribution >= 4 is 22.7 Å². The third-order valence-electron chi connectivity index (χ3n) is 5.52. The number of amides is 2. The molecule has 1 aromatic carbocycles. The molecule has 1 aromatic heterocycles. The normalized spacial score (nSPS) is 22.3. The summed E-state index contributed by atoms with van der Waals surface area (Å²) in [5.41, 5.74) is 1.20. The zero-order valence-corrected chi connectivity index (χ0v) is 15.7. The lowest BCUT2D eigenvalue weighted by Crippen LogP contribution is -2.43. The van der Waals surface area contributed by atoms with Crippen LogP contribution in [0.15, 0.2) is 36.4 Å². The van der Waals surface area contributed by atoms with Crippen molar-refractivity contribution in [1.82, 2.24) is 20.1 Å². The third kappa shape index (κ3) is 3.82. The molecule has 2 aliphatic rings. The summed E-state index contributed by atoms with van der Waals surface area (Å²) in [6.07, 6.45) is 2.45. The van der Waals surface area contributed by atoms with Crippen LogP contribution in [0, 0.1) is 11.3 Å². The molecule has 0 bridgehead atoms. The van der Waals surface area contributed by atoms with E-state index in [1.807, 2.05) is 35.2 Å². The summed E-state index contributed by atoms with van der Waals surface area (Å²) in [5.74, 6) is -0.180. The molecule has 2 atom stereocenters. The van der Waals surface area contributed by atoms with E-state index in [0.717, 1.165) is 36.7 Å². The van der Waals surface area contributed by atoms with Crippen LogP contribution >= 0.6 is 0 Å². The van der Waals surface area contributed by atoms with Crippen molar-refractivity contribution in [2.75, 3.05) is 26.2 Å². The topological polar surface area (TPSA) is 89.3 Å². The first-order valence-corrected chi connectivity index (χ1v) is 9.72. The van der Waals surface area contributed by atoms with Crippen molar-refractivity contribution < 1.29 is 9.59 Å². The summed E-state index contributed by atoms with van der Waals surface area (Å²) in [5, 5.41) is 13.2. The van der Waals surface area contributed by atoms with E-state index in [9.17, 15) is 9.59 Å². The minimum absolute atomic E-state index is 0.00101. The first-order valence-electron chi connectivity index (χ1n) is 9.72. The van der Waals surface area contributed by atoms with E-state index in [0.29, 0.717) is 25.3 Å². The number of nitrogens with one attached hydrogen (secondary N) is 1.